The molecule has 2 rings (SSSR count). The Balaban J connectivity index is 2.04. The normalized spacial score (nSPS) is 14.4. The Bertz CT molecular complexity index is 579. The van der Waals surface area contributed by atoms with E-state index < -0.39 is 0 Å². The van der Waals surface area contributed by atoms with Crippen molar-refractivity contribution in [3.63, 3.8) is 0 Å². The number of amides is 2. The summed E-state index contributed by atoms with van der Waals surface area (Å²) < 4.78 is 0.411. The van der Waals surface area contributed by atoms with Crippen molar-refractivity contribution in [3.05, 3.63) is 29.8 Å². The van der Waals surface area contributed by atoms with Crippen LogP contribution in [0.2, 0.25) is 0 Å². The Hall–Kier alpha value is -1.91. The van der Waals surface area contributed by atoms with Crippen LogP contribution in [0, 0.1) is 11.3 Å². The second kappa shape index (κ2) is 5.82. The van der Waals surface area contributed by atoms with Crippen LogP contribution in [0.5, 0.6) is 0 Å². The molecule has 7 heteroatoms. The van der Waals surface area contributed by atoms with E-state index in [4.69, 9.17) is 17.5 Å². The molecule has 1 aliphatic rings. The summed E-state index contributed by atoms with van der Waals surface area (Å²) in [5.74, 6) is -0.263. The molecule has 1 aromatic rings. The SMILES string of the molecule is N#Cc1ccccc1NC(=O)CN1C(=O)CSC1=S. The van der Waals surface area contributed by atoms with Crippen molar-refractivity contribution in [1.82, 2.24) is 4.90 Å². The molecule has 19 heavy (non-hydrogen) atoms. The fourth-order valence-corrected chi connectivity index (χ4v) is 2.62. The number of rotatable bonds is 3. The van der Waals surface area contributed by atoms with Crippen LogP contribution < -0.4 is 5.32 Å². The van der Waals surface area contributed by atoms with Gasteiger partial charge in [0.1, 0.15) is 16.9 Å². The largest absolute Gasteiger partial charge is 0.323 e. The van der Waals surface area contributed by atoms with E-state index >= 15 is 0 Å². The van der Waals surface area contributed by atoms with Crippen LogP contribution >= 0.6 is 24.0 Å². The number of para-hydroxylation sites is 1. The summed E-state index contributed by atoms with van der Waals surface area (Å²) >= 11 is 6.23. The van der Waals surface area contributed by atoms with Gasteiger partial charge in [-0.15, -0.1) is 0 Å². The maximum atomic E-state index is 11.8. The van der Waals surface area contributed by atoms with Gasteiger partial charge in [-0.1, -0.05) is 36.1 Å². The maximum Gasteiger partial charge on any atom is 0.244 e. The first-order chi connectivity index (χ1) is 9.11. The number of carbonyl (C=O) groups excluding carboxylic acids is 2. The van der Waals surface area contributed by atoms with E-state index in [2.05, 4.69) is 5.32 Å². The quantitative estimate of drug-likeness (QED) is 0.851. The highest BCUT2D eigenvalue weighted by Crippen LogP contribution is 2.19. The molecule has 5 nitrogen and oxygen atoms in total. The first-order valence-electron chi connectivity index (χ1n) is 5.38. The van der Waals surface area contributed by atoms with Gasteiger partial charge in [-0.05, 0) is 12.1 Å². The highest BCUT2D eigenvalue weighted by molar-refractivity contribution is 8.23. The Kier molecular flexibility index (Phi) is 4.14. The van der Waals surface area contributed by atoms with E-state index in [1.54, 1.807) is 24.3 Å². The first-order valence-corrected chi connectivity index (χ1v) is 6.77. The number of thioether (sulfide) groups is 1. The van der Waals surface area contributed by atoms with Crippen LogP contribution in [0.15, 0.2) is 24.3 Å². The van der Waals surface area contributed by atoms with Crippen LogP contribution in [-0.4, -0.2) is 33.3 Å². The molecule has 1 aliphatic heterocycles. The van der Waals surface area contributed by atoms with Gasteiger partial charge in [0.2, 0.25) is 11.8 Å². The Morgan fingerprint density at radius 2 is 2.26 bits per heavy atom. The van der Waals surface area contributed by atoms with Crippen LogP contribution in [-0.2, 0) is 9.59 Å². The lowest BCUT2D eigenvalue weighted by atomic mass is 10.2. The summed E-state index contributed by atoms with van der Waals surface area (Å²) in [5.41, 5.74) is 0.806. The molecule has 0 saturated carbocycles. The number of anilines is 1. The number of carbonyl (C=O) groups is 2. The predicted molar refractivity (Wildman–Crippen MR) is 76.6 cm³/mol. The van der Waals surface area contributed by atoms with Gasteiger partial charge in [0.25, 0.3) is 0 Å². The zero-order valence-corrected chi connectivity index (χ0v) is 11.4. The number of benzene rings is 1. The van der Waals surface area contributed by atoms with Crippen LogP contribution in [0.4, 0.5) is 5.69 Å². The number of hydrogen-bond donors (Lipinski definition) is 1. The van der Waals surface area contributed by atoms with Gasteiger partial charge in [0.05, 0.1) is 17.0 Å². The summed E-state index contributed by atoms with van der Waals surface area (Å²) in [6.07, 6.45) is 0. The van der Waals surface area contributed by atoms with Gasteiger partial charge in [-0.3, -0.25) is 14.5 Å². The van der Waals surface area contributed by atoms with Gasteiger partial charge in [0.15, 0.2) is 0 Å². The highest BCUT2D eigenvalue weighted by atomic mass is 32.2. The minimum atomic E-state index is -0.374. The van der Waals surface area contributed by atoms with Crippen molar-refractivity contribution >= 4 is 45.8 Å². The van der Waals surface area contributed by atoms with Crippen LogP contribution in [0.1, 0.15) is 5.56 Å². The molecule has 1 aromatic carbocycles. The fraction of sp³-hybridized carbons (Fsp3) is 0.167. The fourth-order valence-electron chi connectivity index (χ4n) is 1.56. The van der Waals surface area contributed by atoms with Crippen molar-refractivity contribution < 1.29 is 9.59 Å². The third-order valence-corrected chi connectivity index (χ3v) is 3.90. The molecule has 1 heterocycles. The third kappa shape index (κ3) is 3.10. The van der Waals surface area contributed by atoms with Gasteiger partial charge in [-0.25, -0.2) is 0 Å². The van der Waals surface area contributed by atoms with Gasteiger partial charge >= 0.3 is 0 Å². The van der Waals surface area contributed by atoms with E-state index in [1.807, 2.05) is 6.07 Å². The van der Waals surface area contributed by atoms with E-state index in [9.17, 15) is 9.59 Å². The molecule has 0 atom stereocenters. The molecule has 0 radical (unpaired) electrons. The van der Waals surface area contributed by atoms with E-state index in [0.29, 0.717) is 15.6 Å². The lowest BCUT2D eigenvalue weighted by molar-refractivity contribution is -0.127. The molecule has 96 valence electrons. The molecular formula is C12H9N3O2S2. The summed E-state index contributed by atoms with van der Waals surface area (Å²) in [5, 5.41) is 11.5. The van der Waals surface area contributed by atoms with Gasteiger partial charge in [-0.2, -0.15) is 5.26 Å². The Labute approximate surface area is 119 Å². The van der Waals surface area contributed by atoms with E-state index in [0.717, 1.165) is 0 Å². The highest BCUT2D eigenvalue weighted by Gasteiger charge is 2.28. The Morgan fingerprint density at radius 3 is 2.89 bits per heavy atom. The molecule has 0 bridgehead atoms. The monoisotopic (exact) mass is 291 g/mol. The molecule has 0 spiro atoms. The summed E-state index contributed by atoms with van der Waals surface area (Å²) in [4.78, 5) is 24.6. The Morgan fingerprint density at radius 1 is 1.53 bits per heavy atom. The molecule has 2 amide bonds. The molecule has 1 N–H and O–H groups in total. The summed E-state index contributed by atoms with van der Waals surface area (Å²) in [7, 11) is 0. The van der Waals surface area contributed by atoms with E-state index in [-0.39, 0.29) is 24.1 Å². The number of nitrogens with one attached hydrogen (secondary N) is 1. The van der Waals surface area contributed by atoms with Crippen molar-refractivity contribution in [2.24, 2.45) is 0 Å². The average Bonchev–Trinajstić information content (AvgIpc) is 2.71. The standard InChI is InChI=1S/C12H9N3O2S2/c13-5-8-3-1-2-4-9(8)14-10(16)6-15-11(17)7-19-12(15)18/h1-4H,6-7H2,(H,14,16). The van der Waals surface area contributed by atoms with Gasteiger partial charge < -0.3 is 5.32 Å². The first kappa shape index (κ1) is 13.5. The van der Waals surface area contributed by atoms with Crippen molar-refractivity contribution in [1.29, 1.82) is 5.26 Å². The molecule has 1 fully saturated rings. The van der Waals surface area contributed by atoms with Crippen LogP contribution in [0.25, 0.3) is 0 Å². The maximum absolute atomic E-state index is 11.8. The molecular weight excluding hydrogens is 282 g/mol. The number of nitrogens with zero attached hydrogens (tertiary/aromatic N) is 2. The number of nitriles is 1. The minimum Gasteiger partial charge on any atom is -0.323 e. The molecule has 1 saturated heterocycles. The lowest BCUT2D eigenvalue weighted by Gasteiger charge is -2.14. The number of hydrogen-bond acceptors (Lipinski definition) is 5. The molecule has 0 unspecified atom stereocenters. The van der Waals surface area contributed by atoms with Crippen molar-refractivity contribution in [2.75, 3.05) is 17.6 Å². The molecule has 0 aromatic heterocycles. The second-order valence-electron chi connectivity index (χ2n) is 3.74. The number of thiocarbonyl (C=S) groups is 1. The average molecular weight is 291 g/mol. The second-order valence-corrected chi connectivity index (χ2v) is 5.35. The topological polar surface area (TPSA) is 73.2 Å². The van der Waals surface area contributed by atoms with Crippen molar-refractivity contribution in [3.8, 4) is 6.07 Å². The molecule has 0 aliphatic carbocycles. The smallest absolute Gasteiger partial charge is 0.244 e. The lowest BCUT2D eigenvalue weighted by Crippen LogP contribution is -2.36. The third-order valence-electron chi connectivity index (χ3n) is 2.46. The predicted octanol–water partition coefficient (Wildman–Crippen LogP) is 1.36. The van der Waals surface area contributed by atoms with E-state index in [1.165, 1.54) is 16.7 Å². The summed E-state index contributed by atoms with van der Waals surface area (Å²) in [6.45, 7) is -0.121. The van der Waals surface area contributed by atoms with Gasteiger partial charge in [0, 0.05) is 0 Å². The zero-order chi connectivity index (χ0) is 13.8. The van der Waals surface area contributed by atoms with Crippen molar-refractivity contribution in [2.45, 2.75) is 0 Å². The summed E-state index contributed by atoms with van der Waals surface area (Å²) in [6, 6.07) is 8.66. The minimum absolute atomic E-state index is 0.121. The zero-order valence-electron chi connectivity index (χ0n) is 9.75. The van der Waals surface area contributed by atoms with Crippen LogP contribution in [0.3, 0.4) is 0 Å².